The normalized spacial score (nSPS) is 12.5. The number of carboxylic acids is 2. The van der Waals surface area contributed by atoms with E-state index in [1.165, 1.54) is 38.5 Å². The lowest BCUT2D eigenvalue weighted by Gasteiger charge is -2.21. The summed E-state index contributed by atoms with van der Waals surface area (Å²) in [6.07, 6.45) is 21.9. The first-order valence-electron chi connectivity index (χ1n) is 28.0. The van der Waals surface area contributed by atoms with E-state index in [9.17, 15) is 48.3 Å². The van der Waals surface area contributed by atoms with Crippen LogP contribution in [0.3, 0.4) is 0 Å². The molecule has 21 nitrogen and oxygen atoms in total. The summed E-state index contributed by atoms with van der Waals surface area (Å²) in [6.45, 7) is 5.21. The van der Waals surface area contributed by atoms with Crippen molar-refractivity contribution < 1.29 is 72.3 Å². The summed E-state index contributed by atoms with van der Waals surface area (Å²) >= 11 is 0. The number of hydrogen-bond acceptors (Lipinski definition) is 14. The monoisotopic (exact) mass is 1080 g/mol. The number of carbonyl (C=O) groups is 9. The molecule has 1 aromatic heterocycles. The molecule has 8 N–H and O–H groups in total. The number of carbonyl (C=O) groups excluding carboxylic acids is 7. The van der Waals surface area contributed by atoms with Crippen molar-refractivity contribution in [3.63, 3.8) is 0 Å². The Hall–Kier alpha value is -5.12. The molecule has 4 amide bonds. The summed E-state index contributed by atoms with van der Waals surface area (Å²) in [4.78, 5) is 116. The zero-order chi connectivity index (χ0) is 56.0. The summed E-state index contributed by atoms with van der Waals surface area (Å²) in [7, 11) is 0. The number of Topliss-reactive ketones (excluding diaryl/α,β-unsaturated/α-hetero) is 3. The van der Waals surface area contributed by atoms with Crippen LogP contribution in [0.1, 0.15) is 186 Å². The largest absolute Gasteiger partial charge is 0.481 e. The Morgan fingerprint density at radius 1 is 0.566 bits per heavy atom. The number of unbranched alkanes of at least 4 members (excludes halogenated alkanes) is 14. The van der Waals surface area contributed by atoms with Gasteiger partial charge in [0.15, 0.2) is 0 Å². The van der Waals surface area contributed by atoms with Crippen LogP contribution in [0, 0.1) is 17.8 Å². The van der Waals surface area contributed by atoms with E-state index in [4.69, 9.17) is 29.8 Å². The van der Waals surface area contributed by atoms with E-state index in [0.717, 1.165) is 50.6 Å². The van der Waals surface area contributed by atoms with E-state index in [1.54, 1.807) is 12.5 Å². The highest BCUT2D eigenvalue weighted by atomic mass is 16.5. The number of H-pyrrole nitrogens is 1. The molecule has 0 aliphatic carbocycles. The van der Waals surface area contributed by atoms with Crippen LogP contribution in [0.4, 0.5) is 0 Å². The molecule has 0 spiro atoms. The number of aromatic nitrogens is 2. The molecule has 1 aromatic rings. The SMILES string of the molecule is CC(C)[C@@H](CC(=O)[C@@H](CCCCNC(=O)COCCOCCNC(=O)COCCOCCCC(=O)CCC(NC(=O)CCCCCCCCCCCCCCCCC(=O)O)C(=O)O)CC(=O)CCc1cnc[nH]1)C(N)=O. The Morgan fingerprint density at radius 2 is 1.12 bits per heavy atom. The molecular formula is C55H94N6O15. The van der Waals surface area contributed by atoms with Crippen molar-refractivity contribution in [3.05, 3.63) is 18.2 Å². The lowest BCUT2D eigenvalue weighted by Crippen LogP contribution is -2.41. The molecule has 434 valence electrons. The number of ether oxygens (including phenoxy) is 4. The minimum atomic E-state index is -1.17. The summed E-state index contributed by atoms with van der Waals surface area (Å²) in [5, 5.41) is 26.3. The Morgan fingerprint density at radius 3 is 1.66 bits per heavy atom. The van der Waals surface area contributed by atoms with Crippen LogP contribution in [0.5, 0.6) is 0 Å². The van der Waals surface area contributed by atoms with Crippen LogP contribution in [0.2, 0.25) is 0 Å². The Kier molecular flexibility index (Phi) is 41.7. The molecule has 0 fully saturated rings. The van der Waals surface area contributed by atoms with Gasteiger partial charge in [0.05, 0.1) is 39.4 Å². The van der Waals surface area contributed by atoms with Crippen molar-refractivity contribution in [1.29, 1.82) is 0 Å². The maximum Gasteiger partial charge on any atom is 0.326 e. The van der Waals surface area contributed by atoms with Crippen LogP contribution in [-0.4, -0.2) is 145 Å². The number of rotatable bonds is 54. The fourth-order valence-electron chi connectivity index (χ4n) is 8.38. The second-order valence-corrected chi connectivity index (χ2v) is 19.9. The van der Waals surface area contributed by atoms with Gasteiger partial charge in [-0.25, -0.2) is 9.78 Å². The third kappa shape index (κ3) is 40.2. The number of aryl methyl sites for hydroxylation is 1. The van der Waals surface area contributed by atoms with Gasteiger partial charge in [0.2, 0.25) is 23.6 Å². The highest BCUT2D eigenvalue weighted by Gasteiger charge is 2.29. The van der Waals surface area contributed by atoms with E-state index >= 15 is 0 Å². The van der Waals surface area contributed by atoms with Crippen molar-refractivity contribution in [3.8, 4) is 0 Å². The summed E-state index contributed by atoms with van der Waals surface area (Å²) in [5.41, 5.74) is 6.38. The van der Waals surface area contributed by atoms with Crippen LogP contribution in [0.15, 0.2) is 12.5 Å². The lowest BCUT2D eigenvalue weighted by atomic mass is 9.83. The third-order valence-electron chi connectivity index (χ3n) is 13.0. The fraction of sp³-hybridized carbons (Fsp3) is 0.782. The van der Waals surface area contributed by atoms with Crippen molar-refractivity contribution in [2.45, 2.75) is 193 Å². The first-order chi connectivity index (χ1) is 36.6. The van der Waals surface area contributed by atoms with E-state index in [2.05, 4.69) is 25.9 Å². The molecule has 0 saturated heterocycles. The predicted molar refractivity (Wildman–Crippen MR) is 285 cm³/mol. The molecule has 0 saturated carbocycles. The molecule has 0 radical (unpaired) electrons. The van der Waals surface area contributed by atoms with Gasteiger partial charge >= 0.3 is 11.9 Å². The van der Waals surface area contributed by atoms with Gasteiger partial charge < -0.3 is 55.8 Å². The summed E-state index contributed by atoms with van der Waals surface area (Å²) in [6, 6.07) is -1.12. The summed E-state index contributed by atoms with van der Waals surface area (Å²) in [5.74, 6) is -4.96. The van der Waals surface area contributed by atoms with E-state index in [1.807, 2.05) is 13.8 Å². The number of primary amides is 1. The number of ketones is 3. The van der Waals surface area contributed by atoms with Crippen molar-refractivity contribution in [2.75, 3.05) is 65.9 Å². The van der Waals surface area contributed by atoms with E-state index < -0.39 is 35.7 Å². The number of imidazole rings is 1. The molecule has 1 rings (SSSR count). The second kappa shape index (κ2) is 46.0. The van der Waals surface area contributed by atoms with Crippen molar-refractivity contribution in [1.82, 2.24) is 25.9 Å². The van der Waals surface area contributed by atoms with E-state index in [0.29, 0.717) is 51.7 Å². The summed E-state index contributed by atoms with van der Waals surface area (Å²) < 4.78 is 21.6. The smallest absolute Gasteiger partial charge is 0.326 e. The van der Waals surface area contributed by atoms with Gasteiger partial charge in [0.1, 0.15) is 36.6 Å². The van der Waals surface area contributed by atoms with Crippen LogP contribution < -0.4 is 21.7 Å². The van der Waals surface area contributed by atoms with Gasteiger partial charge in [-0.1, -0.05) is 97.3 Å². The Bertz CT molecular complexity index is 1780. The number of nitrogens with two attached hydrogens (primary N) is 1. The number of nitrogens with one attached hydrogen (secondary N) is 4. The van der Waals surface area contributed by atoms with Gasteiger partial charge in [-0.2, -0.15) is 0 Å². The number of aromatic amines is 1. The second-order valence-electron chi connectivity index (χ2n) is 19.9. The molecule has 0 aromatic carbocycles. The van der Waals surface area contributed by atoms with Gasteiger partial charge in [0, 0.05) is 88.4 Å². The highest BCUT2D eigenvalue weighted by Crippen LogP contribution is 2.24. The molecule has 1 unspecified atom stereocenters. The number of hydrogen-bond donors (Lipinski definition) is 7. The molecule has 1 heterocycles. The zero-order valence-corrected chi connectivity index (χ0v) is 45.9. The third-order valence-corrected chi connectivity index (χ3v) is 13.0. The quantitative estimate of drug-likeness (QED) is 0.0361. The molecular weight excluding hydrogens is 985 g/mol. The van der Waals surface area contributed by atoms with Gasteiger partial charge in [-0.05, 0) is 50.9 Å². The molecule has 0 aliphatic heterocycles. The first-order valence-corrected chi connectivity index (χ1v) is 28.0. The highest BCUT2D eigenvalue weighted by molar-refractivity contribution is 5.91. The Balaban J connectivity index is 2.02. The van der Waals surface area contributed by atoms with Gasteiger partial charge in [-0.15, -0.1) is 0 Å². The molecule has 3 atom stereocenters. The number of nitrogens with zero attached hydrogens (tertiary/aromatic N) is 1. The average Bonchev–Trinajstić information content (AvgIpc) is 3.90. The van der Waals surface area contributed by atoms with Crippen molar-refractivity contribution >= 4 is 52.9 Å². The topological polar surface area (TPSA) is 322 Å². The zero-order valence-electron chi connectivity index (χ0n) is 45.9. The lowest BCUT2D eigenvalue weighted by molar-refractivity contribution is -0.142. The van der Waals surface area contributed by atoms with E-state index in [-0.39, 0.29) is 145 Å². The molecule has 76 heavy (non-hydrogen) atoms. The van der Waals surface area contributed by atoms with Crippen LogP contribution >= 0.6 is 0 Å². The minimum absolute atomic E-state index is 0.0104. The predicted octanol–water partition coefficient (Wildman–Crippen LogP) is 6.13. The average molecular weight is 1080 g/mol. The molecule has 0 aliphatic rings. The van der Waals surface area contributed by atoms with Crippen LogP contribution in [0.25, 0.3) is 0 Å². The minimum Gasteiger partial charge on any atom is -0.481 e. The number of carboxylic acid groups (broad SMARTS) is 2. The van der Waals surface area contributed by atoms with Gasteiger partial charge in [0.25, 0.3) is 0 Å². The van der Waals surface area contributed by atoms with Crippen molar-refractivity contribution in [2.24, 2.45) is 23.5 Å². The first kappa shape index (κ1) is 68.9. The Labute approximate surface area is 450 Å². The maximum absolute atomic E-state index is 13.2. The molecule has 0 bridgehead atoms. The van der Waals surface area contributed by atoms with Gasteiger partial charge in [-0.3, -0.25) is 38.4 Å². The standard InChI is InChI=1S/C55H94N6O15/c1-42(2)47(54(56)70)37-49(64)43(36-46(63)25-24-44-38-57-41-60-44)20-17-18-28-58-51(66)39-76-35-33-74-31-29-59-52(67)40-75-34-32-73-30-19-21-45(62)26-27-48(55(71)72)61-50(65)22-15-13-11-9-7-5-3-4-6-8-10-12-14-16-23-53(68)69/h38,41-43,47-48H,3-37,39-40H2,1-2H3,(H2,56,70)(H,57,60)(H,58,66)(H,59,67)(H,61,65)(H,68,69)(H,71,72)/t43-,47+,48?/m0/s1. The fourth-order valence-corrected chi connectivity index (χ4v) is 8.38. The molecule has 21 heteroatoms. The maximum atomic E-state index is 13.2. The number of amides is 4. The number of aliphatic carboxylic acids is 2. The van der Waals surface area contributed by atoms with Crippen LogP contribution in [-0.2, 0) is 68.5 Å².